The van der Waals surface area contributed by atoms with Gasteiger partial charge in [-0.1, -0.05) is 30.3 Å². The number of ether oxygens (including phenoxy) is 1. The van der Waals surface area contributed by atoms with E-state index >= 15 is 0 Å². The lowest BCUT2D eigenvalue weighted by Crippen LogP contribution is -2.48. The van der Waals surface area contributed by atoms with E-state index in [9.17, 15) is 4.79 Å². The molecule has 0 aliphatic carbocycles. The van der Waals surface area contributed by atoms with E-state index in [0.29, 0.717) is 0 Å². The standard InChI is InChI=1S/C15H23NO2/c1-15(2,3)16-13(14(17)18-4)11-10-12-8-6-5-7-9-12/h5-9,13,16H,10-11H2,1-4H3/t13-/m1/s1. The smallest absolute Gasteiger partial charge is 0.322 e. The van der Waals surface area contributed by atoms with Crippen LogP contribution in [0.5, 0.6) is 0 Å². The number of hydrogen-bond donors (Lipinski definition) is 1. The number of carbonyl (C=O) groups excluding carboxylic acids is 1. The molecule has 1 aromatic rings. The van der Waals surface area contributed by atoms with E-state index in [1.165, 1.54) is 12.7 Å². The molecule has 0 amide bonds. The molecule has 0 aromatic heterocycles. The van der Waals surface area contributed by atoms with Gasteiger partial charge >= 0.3 is 5.97 Å². The predicted molar refractivity (Wildman–Crippen MR) is 73.5 cm³/mol. The maximum Gasteiger partial charge on any atom is 0.322 e. The van der Waals surface area contributed by atoms with Crippen molar-refractivity contribution in [1.82, 2.24) is 5.32 Å². The minimum absolute atomic E-state index is 0.102. The van der Waals surface area contributed by atoms with Crippen molar-refractivity contribution in [3.63, 3.8) is 0 Å². The normalized spacial score (nSPS) is 13.1. The number of benzene rings is 1. The monoisotopic (exact) mass is 249 g/mol. The van der Waals surface area contributed by atoms with Gasteiger partial charge in [-0.05, 0) is 39.2 Å². The zero-order valence-corrected chi connectivity index (χ0v) is 11.7. The highest BCUT2D eigenvalue weighted by Crippen LogP contribution is 2.10. The quantitative estimate of drug-likeness (QED) is 0.815. The third-order valence-corrected chi connectivity index (χ3v) is 2.66. The maximum atomic E-state index is 11.7. The van der Waals surface area contributed by atoms with Gasteiger partial charge in [0.05, 0.1) is 7.11 Å². The molecule has 0 bridgehead atoms. The first kappa shape index (κ1) is 14.7. The Morgan fingerprint density at radius 1 is 1.28 bits per heavy atom. The van der Waals surface area contributed by atoms with Gasteiger partial charge in [-0.3, -0.25) is 10.1 Å². The van der Waals surface area contributed by atoms with Crippen LogP contribution in [0.15, 0.2) is 30.3 Å². The van der Waals surface area contributed by atoms with E-state index in [-0.39, 0.29) is 17.6 Å². The van der Waals surface area contributed by atoms with Gasteiger partial charge in [0.15, 0.2) is 0 Å². The van der Waals surface area contributed by atoms with Crippen molar-refractivity contribution >= 4 is 5.97 Å². The van der Waals surface area contributed by atoms with Gasteiger partial charge in [0.1, 0.15) is 6.04 Å². The van der Waals surface area contributed by atoms with Crippen LogP contribution in [0, 0.1) is 0 Å². The Morgan fingerprint density at radius 3 is 2.39 bits per heavy atom. The third kappa shape index (κ3) is 5.32. The summed E-state index contributed by atoms with van der Waals surface area (Å²) in [5.74, 6) is -0.194. The summed E-state index contributed by atoms with van der Waals surface area (Å²) in [5, 5.41) is 3.30. The summed E-state index contributed by atoms with van der Waals surface area (Å²) in [7, 11) is 1.43. The number of aryl methyl sites for hydroxylation is 1. The molecule has 0 aliphatic heterocycles. The molecule has 0 saturated carbocycles. The van der Waals surface area contributed by atoms with Crippen molar-refractivity contribution in [3.8, 4) is 0 Å². The highest BCUT2D eigenvalue weighted by atomic mass is 16.5. The molecule has 0 spiro atoms. The fourth-order valence-electron chi connectivity index (χ4n) is 1.87. The van der Waals surface area contributed by atoms with Crippen LogP contribution in [0.1, 0.15) is 32.8 Å². The van der Waals surface area contributed by atoms with E-state index in [0.717, 1.165) is 12.8 Å². The Bertz CT molecular complexity index is 368. The number of nitrogens with one attached hydrogen (secondary N) is 1. The first-order chi connectivity index (χ1) is 8.42. The minimum Gasteiger partial charge on any atom is -0.468 e. The summed E-state index contributed by atoms with van der Waals surface area (Å²) in [6, 6.07) is 9.92. The van der Waals surface area contributed by atoms with Crippen molar-refractivity contribution in [2.75, 3.05) is 7.11 Å². The molecule has 1 atom stereocenters. The van der Waals surface area contributed by atoms with Crippen LogP contribution in [0.2, 0.25) is 0 Å². The molecular weight excluding hydrogens is 226 g/mol. The Hall–Kier alpha value is -1.35. The lowest BCUT2D eigenvalue weighted by molar-refractivity contribution is -0.143. The number of methoxy groups -OCH3 is 1. The van der Waals surface area contributed by atoms with Gasteiger partial charge in [-0.15, -0.1) is 0 Å². The molecule has 18 heavy (non-hydrogen) atoms. The van der Waals surface area contributed by atoms with Gasteiger partial charge in [-0.25, -0.2) is 0 Å². The van der Waals surface area contributed by atoms with Crippen LogP contribution in [-0.2, 0) is 16.0 Å². The summed E-state index contributed by atoms with van der Waals surface area (Å²) < 4.78 is 4.85. The molecule has 1 aromatic carbocycles. The molecule has 1 rings (SSSR count). The second-order valence-corrected chi connectivity index (χ2v) is 5.49. The zero-order valence-electron chi connectivity index (χ0n) is 11.7. The van der Waals surface area contributed by atoms with Crippen LogP contribution < -0.4 is 5.32 Å². The maximum absolute atomic E-state index is 11.7. The van der Waals surface area contributed by atoms with Crippen molar-refractivity contribution in [3.05, 3.63) is 35.9 Å². The van der Waals surface area contributed by atoms with Crippen LogP contribution in [0.3, 0.4) is 0 Å². The predicted octanol–water partition coefficient (Wildman–Crippen LogP) is 2.55. The highest BCUT2D eigenvalue weighted by molar-refractivity contribution is 5.75. The lowest BCUT2D eigenvalue weighted by atomic mass is 10.0. The van der Waals surface area contributed by atoms with E-state index in [4.69, 9.17) is 4.74 Å². The van der Waals surface area contributed by atoms with Crippen molar-refractivity contribution in [2.24, 2.45) is 0 Å². The summed E-state index contributed by atoms with van der Waals surface area (Å²) in [5.41, 5.74) is 1.14. The van der Waals surface area contributed by atoms with Gasteiger partial charge in [0, 0.05) is 5.54 Å². The molecule has 0 aliphatic rings. The average Bonchev–Trinajstić information content (AvgIpc) is 2.33. The minimum atomic E-state index is -0.254. The van der Waals surface area contributed by atoms with Crippen LogP contribution >= 0.6 is 0 Å². The van der Waals surface area contributed by atoms with Gasteiger partial charge < -0.3 is 4.74 Å². The second kappa shape index (κ2) is 6.55. The average molecular weight is 249 g/mol. The van der Waals surface area contributed by atoms with Crippen LogP contribution in [0.25, 0.3) is 0 Å². The van der Waals surface area contributed by atoms with Gasteiger partial charge in [0.25, 0.3) is 0 Å². The van der Waals surface area contributed by atoms with Gasteiger partial charge in [-0.2, -0.15) is 0 Å². The first-order valence-corrected chi connectivity index (χ1v) is 6.32. The summed E-state index contributed by atoms with van der Waals surface area (Å²) >= 11 is 0. The van der Waals surface area contributed by atoms with Crippen LogP contribution in [0.4, 0.5) is 0 Å². The molecule has 3 nitrogen and oxygen atoms in total. The molecular formula is C15H23NO2. The van der Waals surface area contributed by atoms with Crippen LogP contribution in [-0.4, -0.2) is 24.7 Å². The SMILES string of the molecule is COC(=O)[C@@H](CCc1ccccc1)NC(C)(C)C. The Kier molecular flexibility index (Phi) is 5.35. The number of rotatable bonds is 5. The summed E-state index contributed by atoms with van der Waals surface area (Å²) in [4.78, 5) is 11.7. The van der Waals surface area contributed by atoms with E-state index < -0.39 is 0 Å². The number of carbonyl (C=O) groups is 1. The molecule has 3 heteroatoms. The second-order valence-electron chi connectivity index (χ2n) is 5.49. The molecule has 0 heterocycles. The molecule has 100 valence electrons. The molecule has 0 radical (unpaired) electrons. The van der Waals surface area contributed by atoms with Crippen molar-refractivity contribution in [1.29, 1.82) is 0 Å². The molecule has 1 N–H and O–H groups in total. The van der Waals surface area contributed by atoms with Crippen molar-refractivity contribution in [2.45, 2.75) is 45.2 Å². The Labute approximate surface area is 110 Å². The largest absolute Gasteiger partial charge is 0.468 e. The van der Waals surface area contributed by atoms with E-state index in [2.05, 4.69) is 17.4 Å². The van der Waals surface area contributed by atoms with E-state index in [1.807, 2.05) is 39.0 Å². The topological polar surface area (TPSA) is 38.3 Å². The van der Waals surface area contributed by atoms with E-state index in [1.54, 1.807) is 0 Å². The van der Waals surface area contributed by atoms with Crippen molar-refractivity contribution < 1.29 is 9.53 Å². The fraction of sp³-hybridized carbons (Fsp3) is 0.533. The highest BCUT2D eigenvalue weighted by Gasteiger charge is 2.23. The lowest BCUT2D eigenvalue weighted by Gasteiger charge is -2.27. The third-order valence-electron chi connectivity index (χ3n) is 2.66. The number of hydrogen-bond acceptors (Lipinski definition) is 3. The molecule has 0 saturated heterocycles. The Balaban J connectivity index is 2.59. The Morgan fingerprint density at radius 2 is 1.89 bits per heavy atom. The number of esters is 1. The first-order valence-electron chi connectivity index (χ1n) is 6.32. The fourth-order valence-corrected chi connectivity index (χ4v) is 1.87. The summed E-state index contributed by atoms with van der Waals surface area (Å²) in [6.07, 6.45) is 1.61. The molecule has 0 fully saturated rings. The molecule has 0 unspecified atom stereocenters. The van der Waals surface area contributed by atoms with Gasteiger partial charge in [0.2, 0.25) is 0 Å². The zero-order chi connectivity index (χ0) is 13.6. The summed E-state index contributed by atoms with van der Waals surface area (Å²) in [6.45, 7) is 6.14.